The molecular formula is C20H24N. The van der Waals surface area contributed by atoms with Gasteiger partial charge in [-0.25, -0.2) is 5.32 Å². The first-order valence-corrected chi connectivity index (χ1v) is 8.25. The Labute approximate surface area is 128 Å². The molecule has 0 amide bonds. The van der Waals surface area contributed by atoms with Crippen molar-refractivity contribution in [3.63, 3.8) is 0 Å². The molecule has 0 aliphatic carbocycles. The summed E-state index contributed by atoms with van der Waals surface area (Å²) < 4.78 is 0. The van der Waals surface area contributed by atoms with Gasteiger partial charge in [-0.05, 0) is 24.0 Å². The minimum absolute atomic E-state index is 0.592. The highest BCUT2D eigenvalue weighted by molar-refractivity contribution is 5.92. The molecular weight excluding hydrogens is 254 g/mol. The first kappa shape index (κ1) is 14.2. The van der Waals surface area contributed by atoms with Crippen LogP contribution in [0.25, 0.3) is 11.1 Å². The van der Waals surface area contributed by atoms with E-state index in [9.17, 15) is 0 Å². The van der Waals surface area contributed by atoms with E-state index in [-0.39, 0.29) is 0 Å². The van der Waals surface area contributed by atoms with Crippen molar-refractivity contribution in [3.8, 4) is 11.1 Å². The van der Waals surface area contributed by atoms with Gasteiger partial charge in [0, 0.05) is 11.1 Å². The van der Waals surface area contributed by atoms with Crippen LogP contribution in [0, 0.1) is 0 Å². The number of para-hydroxylation sites is 2. The molecule has 1 atom stereocenters. The molecule has 0 aromatic heterocycles. The molecule has 0 N–H and O–H groups in total. The fourth-order valence-electron chi connectivity index (χ4n) is 3.25. The van der Waals surface area contributed by atoms with Crippen molar-refractivity contribution in [1.82, 2.24) is 5.32 Å². The fourth-order valence-corrected chi connectivity index (χ4v) is 3.25. The van der Waals surface area contributed by atoms with Gasteiger partial charge in [0.15, 0.2) is 0 Å². The molecule has 0 fully saturated rings. The minimum atomic E-state index is 0.592. The van der Waals surface area contributed by atoms with Crippen molar-refractivity contribution in [2.45, 2.75) is 51.9 Å². The van der Waals surface area contributed by atoms with Crippen LogP contribution < -0.4 is 5.32 Å². The largest absolute Gasteiger partial charge is 0.247 e. The highest BCUT2D eigenvalue weighted by atomic mass is 14.9. The van der Waals surface area contributed by atoms with Gasteiger partial charge in [0.25, 0.3) is 0 Å². The van der Waals surface area contributed by atoms with E-state index >= 15 is 0 Å². The second-order valence-corrected chi connectivity index (χ2v) is 6.12. The van der Waals surface area contributed by atoms with Crippen molar-refractivity contribution in [2.24, 2.45) is 0 Å². The first-order valence-electron chi connectivity index (χ1n) is 8.25. The molecule has 0 bridgehead atoms. The van der Waals surface area contributed by atoms with Gasteiger partial charge in [-0.15, -0.1) is 0 Å². The Kier molecular flexibility index (Phi) is 4.28. The predicted octanol–water partition coefficient (Wildman–Crippen LogP) is 6.31. The lowest BCUT2D eigenvalue weighted by molar-refractivity contribution is 0.580. The van der Waals surface area contributed by atoms with Gasteiger partial charge < -0.3 is 0 Å². The average molecular weight is 278 g/mol. The summed E-state index contributed by atoms with van der Waals surface area (Å²) in [6.45, 7) is 4.61. The topological polar surface area (TPSA) is 14.1 Å². The number of benzene rings is 2. The monoisotopic (exact) mass is 278 g/mol. The van der Waals surface area contributed by atoms with E-state index in [4.69, 9.17) is 5.32 Å². The molecule has 1 aliphatic heterocycles. The van der Waals surface area contributed by atoms with Gasteiger partial charge in [0.2, 0.25) is 0 Å². The van der Waals surface area contributed by atoms with Crippen molar-refractivity contribution in [3.05, 3.63) is 48.0 Å². The highest BCUT2D eigenvalue weighted by Crippen LogP contribution is 2.46. The van der Waals surface area contributed by atoms with Crippen molar-refractivity contribution < 1.29 is 0 Å². The SMILES string of the molecule is CCCCCCC(C)c1cccc2c1[N]c1ccccc1-2. The summed E-state index contributed by atoms with van der Waals surface area (Å²) >= 11 is 0. The normalized spacial score (nSPS) is 13.4. The molecule has 1 heteroatoms. The highest BCUT2D eigenvalue weighted by Gasteiger charge is 2.23. The van der Waals surface area contributed by atoms with Crippen LogP contribution in [0.2, 0.25) is 0 Å². The van der Waals surface area contributed by atoms with Crippen LogP contribution in [0.5, 0.6) is 0 Å². The van der Waals surface area contributed by atoms with Crippen molar-refractivity contribution in [2.75, 3.05) is 0 Å². The second-order valence-electron chi connectivity index (χ2n) is 6.12. The molecule has 1 aliphatic rings. The molecule has 2 aromatic rings. The summed E-state index contributed by atoms with van der Waals surface area (Å²) in [4.78, 5) is 0. The molecule has 0 spiro atoms. The van der Waals surface area contributed by atoms with E-state index in [2.05, 4.69) is 56.3 Å². The summed E-state index contributed by atoms with van der Waals surface area (Å²) in [5.41, 5.74) is 6.34. The third kappa shape index (κ3) is 2.83. The third-order valence-electron chi connectivity index (χ3n) is 4.52. The zero-order chi connectivity index (χ0) is 14.7. The Balaban J connectivity index is 1.80. The van der Waals surface area contributed by atoms with Gasteiger partial charge in [-0.1, -0.05) is 75.9 Å². The number of unbranched alkanes of at least 4 members (excludes halogenated alkanes) is 3. The van der Waals surface area contributed by atoms with Crippen LogP contribution in [0.3, 0.4) is 0 Å². The van der Waals surface area contributed by atoms with Gasteiger partial charge in [-0.3, -0.25) is 0 Å². The summed E-state index contributed by atoms with van der Waals surface area (Å²) in [6, 6.07) is 15.1. The zero-order valence-corrected chi connectivity index (χ0v) is 13.1. The van der Waals surface area contributed by atoms with Crippen molar-refractivity contribution in [1.29, 1.82) is 0 Å². The van der Waals surface area contributed by atoms with Crippen molar-refractivity contribution >= 4 is 11.4 Å². The molecule has 2 aromatic carbocycles. The maximum Gasteiger partial charge on any atom is 0.0750 e. The van der Waals surface area contributed by atoms with Gasteiger partial charge in [-0.2, -0.15) is 0 Å². The molecule has 1 nitrogen and oxygen atoms in total. The molecule has 109 valence electrons. The van der Waals surface area contributed by atoms with Gasteiger partial charge in [0.1, 0.15) is 0 Å². The first-order chi connectivity index (χ1) is 10.3. The Morgan fingerprint density at radius 2 is 1.71 bits per heavy atom. The molecule has 1 heterocycles. The Bertz CT molecular complexity index is 615. The zero-order valence-electron chi connectivity index (χ0n) is 13.1. The van der Waals surface area contributed by atoms with E-state index in [1.54, 1.807) is 0 Å². The van der Waals surface area contributed by atoms with E-state index in [0.29, 0.717) is 5.92 Å². The lowest BCUT2D eigenvalue weighted by Gasteiger charge is -2.15. The lowest BCUT2D eigenvalue weighted by Crippen LogP contribution is -1.98. The lowest BCUT2D eigenvalue weighted by atomic mass is 9.91. The summed E-state index contributed by atoms with van der Waals surface area (Å²) in [5.74, 6) is 0.592. The van der Waals surface area contributed by atoms with Crippen LogP contribution in [0.15, 0.2) is 42.5 Å². The Morgan fingerprint density at radius 3 is 2.57 bits per heavy atom. The van der Waals surface area contributed by atoms with E-state index in [1.165, 1.54) is 54.5 Å². The number of rotatable bonds is 6. The molecule has 0 saturated carbocycles. The van der Waals surface area contributed by atoms with Crippen LogP contribution in [-0.2, 0) is 0 Å². The van der Waals surface area contributed by atoms with E-state index in [0.717, 1.165) is 5.69 Å². The van der Waals surface area contributed by atoms with Crippen LogP contribution in [0.1, 0.15) is 57.4 Å². The molecule has 1 unspecified atom stereocenters. The maximum atomic E-state index is 4.88. The molecule has 1 radical (unpaired) electrons. The van der Waals surface area contributed by atoms with E-state index < -0.39 is 0 Å². The maximum absolute atomic E-state index is 4.88. The van der Waals surface area contributed by atoms with Gasteiger partial charge in [0.05, 0.1) is 11.4 Å². The standard InChI is InChI=1S/C20H24N/c1-3-4-5-6-10-15(2)16-12-9-13-18-17-11-7-8-14-19(17)21-20(16)18/h7-9,11-15H,3-6,10H2,1-2H3. The van der Waals surface area contributed by atoms with E-state index in [1.807, 2.05) is 0 Å². The van der Waals surface area contributed by atoms with Crippen LogP contribution in [0.4, 0.5) is 11.4 Å². The third-order valence-corrected chi connectivity index (χ3v) is 4.52. The van der Waals surface area contributed by atoms with Crippen LogP contribution >= 0.6 is 0 Å². The summed E-state index contributed by atoms with van der Waals surface area (Å²) in [7, 11) is 0. The second kappa shape index (κ2) is 6.34. The molecule has 3 rings (SSSR count). The van der Waals surface area contributed by atoms with Crippen LogP contribution in [-0.4, -0.2) is 0 Å². The molecule has 21 heavy (non-hydrogen) atoms. The minimum Gasteiger partial charge on any atom is -0.247 e. The Hall–Kier alpha value is -1.76. The number of nitrogens with zero attached hydrogens (tertiary/aromatic N) is 1. The fraction of sp³-hybridized carbons (Fsp3) is 0.400. The number of hydrogen-bond donors (Lipinski definition) is 0. The average Bonchev–Trinajstić information content (AvgIpc) is 2.90. The summed E-state index contributed by atoms with van der Waals surface area (Å²) in [5, 5.41) is 4.88. The summed E-state index contributed by atoms with van der Waals surface area (Å²) in [6.07, 6.45) is 6.61. The predicted molar refractivity (Wildman–Crippen MR) is 90.5 cm³/mol. The number of fused-ring (bicyclic) bond motifs is 3. The number of hydrogen-bond acceptors (Lipinski definition) is 0. The van der Waals surface area contributed by atoms with Gasteiger partial charge >= 0.3 is 0 Å². The quantitative estimate of drug-likeness (QED) is 0.469. The smallest absolute Gasteiger partial charge is 0.0750 e. The molecule has 0 saturated heterocycles. The Morgan fingerprint density at radius 1 is 0.905 bits per heavy atom.